The molecule has 100 valence electrons. The zero-order chi connectivity index (χ0) is 14.2. The molecule has 0 saturated heterocycles. The number of aliphatic hydroxyl groups excluding tert-OH is 1. The summed E-state index contributed by atoms with van der Waals surface area (Å²) in [6, 6.07) is 12.4. The maximum Gasteiger partial charge on any atom is 0.274 e. The zero-order valence-electron chi connectivity index (χ0n) is 10.8. The Hall–Kier alpha value is -2.64. The van der Waals surface area contributed by atoms with Gasteiger partial charge in [-0.05, 0) is 24.3 Å². The van der Waals surface area contributed by atoms with Crippen LogP contribution in [0.1, 0.15) is 22.5 Å². The molecule has 1 heterocycles. The number of nitrogens with zero attached hydrogens (tertiary/aromatic N) is 1. The van der Waals surface area contributed by atoms with Gasteiger partial charge < -0.3 is 10.4 Å². The van der Waals surface area contributed by atoms with E-state index in [1.807, 2.05) is 18.2 Å². The molecule has 0 radical (unpaired) electrons. The fraction of sp³-hybridized carbons (Fsp3) is 0.125. The highest BCUT2D eigenvalue weighted by Gasteiger charge is 2.08. The Kier molecular flexibility index (Phi) is 4.87. The third-order valence-corrected chi connectivity index (χ3v) is 2.53. The number of rotatable bonds is 3. The summed E-state index contributed by atoms with van der Waals surface area (Å²) in [5.74, 6) is 5.49. The third-order valence-electron chi connectivity index (χ3n) is 2.53. The van der Waals surface area contributed by atoms with Crippen molar-refractivity contribution >= 4 is 11.6 Å². The van der Waals surface area contributed by atoms with E-state index in [-0.39, 0.29) is 12.5 Å². The minimum absolute atomic E-state index is 0.0233. The lowest BCUT2D eigenvalue weighted by Crippen LogP contribution is -2.14. The molecule has 4 heteroatoms. The van der Waals surface area contributed by atoms with Crippen molar-refractivity contribution in [3.05, 3.63) is 59.9 Å². The smallest absolute Gasteiger partial charge is 0.274 e. The standard InChI is InChI=1S/C16H14N2O2/c19-12-6-4-8-13-7-1-2-9-14(13)18-16(20)15-10-3-5-11-17-15/h1-3,5,7,9-11,19H,6,12H2,(H,18,20). The van der Waals surface area contributed by atoms with E-state index in [9.17, 15) is 4.79 Å². The minimum Gasteiger partial charge on any atom is -0.395 e. The van der Waals surface area contributed by atoms with Crippen LogP contribution in [-0.2, 0) is 0 Å². The molecule has 2 rings (SSSR count). The van der Waals surface area contributed by atoms with Crippen molar-refractivity contribution in [1.82, 2.24) is 4.98 Å². The quantitative estimate of drug-likeness (QED) is 0.836. The van der Waals surface area contributed by atoms with Crippen LogP contribution in [0.15, 0.2) is 48.7 Å². The molecule has 2 N–H and O–H groups in total. The number of para-hydroxylation sites is 1. The van der Waals surface area contributed by atoms with Gasteiger partial charge in [-0.25, -0.2) is 0 Å². The molecule has 1 amide bonds. The zero-order valence-corrected chi connectivity index (χ0v) is 10.8. The summed E-state index contributed by atoms with van der Waals surface area (Å²) in [4.78, 5) is 16.0. The minimum atomic E-state index is -0.276. The molecule has 20 heavy (non-hydrogen) atoms. The number of pyridine rings is 1. The van der Waals surface area contributed by atoms with Gasteiger partial charge in [0.15, 0.2) is 0 Å². The second kappa shape index (κ2) is 7.07. The Labute approximate surface area is 117 Å². The van der Waals surface area contributed by atoms with Crippen molar-refractivity contribution in [3.8, 4) is 11.8 Å². The second-order valence-corrected chi connectivity index (χ2v) is 3.99. The third kappa shape index (κ3) is 3.67. The summed E-state index contributed by atoms with van der Waals surface area (Å²) in [5.41, 5.74) is 1.70. The van der Waals surface area contributed by atoms with Gasteiger partial charge in [-0.3, -0.25) is 9.78 Å². The lowest BCUT2D eigenvalue weighted by Gasteiger charge is -2.06. The molecule has 2 aromatic rings. The molecule has 4 nitrogen and oxygen atoms in total. The summed E-state index contributed by atoms with van der Waals surface area (Å²) in [7, 11) is 0. The molecule has 0 fully saturated rings. The van der Waals surface area contributed by atoms with Crippen molar-refractivity contribution in [3.63, 3.8) is 0 Å². The van der Waals surface area contributed by atoms with E-state index >= 15 is 0 Å². The van der Waals surface area contributed by atoms with E-state index in [4.69, 9.17) is 5.11 Å². The first-order chi connectivity index (χ1) is 9.81. The number of carbonyl (C=O) groups excluding carboxylic acids is 1. The fourth-order valence-corrected chi connectivity index (χ4v) is 1.60. The average Bonchev–Trinajstić information content (AvgIpc) is 2.50. The SMILES string of the molecule is O=C(Nc1ccccc1C#CCCO)c1ccccn1. The van der Waals surface area contributed by atoms with Crippen LogP contribution in [0.3, 0.4) is 0 Å². The average molecular weight is 266 g/mol. The van der Waals surface area contributed by atoms with Gasteiger partial charge >= 0.3 is 0 Å². The van der Waals surface area contributed by atoms with Crippen LogP contribution in [0.2, 0.25) is 0 Å². The highest BCUT2D eigenvalue weighted by molar-refractivity contribution is 6.03. The monoisotopic (exact) mass is 266 g/mol. The fourth-order valence-electron chi connectivity index (χ4n) is 1.60. The van der Waals surface area contributed by atoms with E-state index in [2.05, 4.69) is 22.1 Å². The van der Waals surface area contributed by atoms with E-state index in [1.54, 1.807) is 30.5 Å². The predicted octanol–water partition coefficient (Wildman–Crippen LogP) is 2.07. The summed E-state index contributed by atoms with van der Waals surface area (Å²) >= 11 is 0. The Morgan fingerprint density at radius 3 is 2.75 bits per heavy atom. The first-order valence-corrected chi connectivity index (χ1v) is 6.22. The van der Waals surface area contributed by atoms with Crippen LogP contribution in [0.25, 0.3) is 0 Å². The van der Waals surface area contributed by atoms with Gasteiger partial charge in [0.05, 0.1) is 12.3 Å². The lowest BCUT2D eigenvalue weighted by molar-refractivity contribution is 0.102. The number of aliphatic hydroxyl groups is 1. The topological polar surface area (TPSA) is 62.2 Å². The van der Waals surface area contributed by atoms with Gasteiger partial charge in [-0.2, -0.15) is 0 Å². The summed E-state index contributed by atoms with van der Waals surface area (Å²) in [5, 5.41) is 11.5. The van der Waals surface area contributed by atoms with Crippen LogP contribution in [-0.4, -0.2) is 22.6 Å². The molecule has 0 aliphatic rings. The summed E-state index contributed by atoms with van der Waals surface area (Å²) in [6.45, 7) is 0.0233. The van der Waals surface area contributed by atoms with E-state index in [0.717, 1.165) is 0 Å². The van der Waals surface area contributed by atoms with Crippen molar-refractivity contribution in [2.45, 2.75) is 6.42 Å². The molecule has 0 aliphatic heterocycles. The highest BCUT2D eigenvalue weighted by atomic mass is 16.2. The molecular weight excluding hydrogens is 252 g/mol. The van der Waals surface area contributed by atoms with Gasteiger partial charge in [0.25, 0.3) is 5.91 Å². The second-order valence-electron chi connectivity index (χ2n) is 3.99. The number of carbonyl (C=O) groups is 1. The van der Waals surface area contributed by atoms with Crippen LogP contribution >= 0.6 is 0 Å². The largest absolute Gasteiger partial charge is 0.395 e. The Balaban J connectivity index is 2.18. The maximum absolute atomic E-state index is 12.0. The predicted molar refractivity (Wildman–Crippen MR) is 77.2 cm³/mol. The molecule has 0 aliphatic carbocycles. The molecule has 1 aromatic heterocycles. The molecule has 0 unspecified atom stereocenters. The van der Waals surface area contributed by atoms with E-state index in [0.29, 0.717) is 23.4 Å². The molecule has 0 atom stereocenters. The summed E-state index contributed by atoms with van der Waals surface area (Å²) < 4.78 is 0. The van der Waals surface area contributed by atoms with Gasteiger partial charge in [0, 0.05) is 18.2 Å². The Morgan fingerprint density at radius 2 is 2.00 bits per heavy atom. The number of aromatic nitrogens is 1. The van der Waals surface area contributed by atoms with Gasteiger partial charge in [-0.1, -0.05) is 30.0 Å². The van der Waals surface area contributed by atoms with Crippen molar-refractivity contribution in [2.75, 3.05) is 11.9 Å². The molecule has 0 saturated carbocycles. The number of hydrogen-bond donors (Lipinski definition) is 2. The van der Waals surface area contributed by atoms with Gasteiger partial charge in [-0.15, -0.1) is 0 Å². The van der Waals surface area contributed by atoms with Crippen LogP contribution in [0, 0.1) is 11.8 Å². The maximum atomic E-state index is 12.0. The van der Waals surface area contributed by atoms with Crippen molar-refractivity contribution in [2.24, 2.45) is 0 Å². The molecule has 0 bridgehead atoms. The van der Waals surface area contributed by atoms with Crippen LogP contribution < -0.4 is 5.32 Å². The van der Waals surface area contributed by atoms with Crippen molar-refractivity contribution in [1.29, 1.82) is 0 Å². The molecule has 0 spiro atoms. The van der Waals surface area contributed by atoms with Gasteiger partial charge in [0.1, 0.15) is 5.69 Å². The number of nitrogens with one attached hydrogen (secondary N) is 1. The number of hydrogen-bond acceptors (Lipinski definition) is 3. The highest BCUT2D eigenvalue weighted by Crippen LogP contribution is 2.14. The first kappa shape index (κ1) is 13.8. The van der Waals surface area contributed by atoms with E-state index < -0.39 is 0 Å². The van der Waals surface area contributed by atoms with Crippen LogP contribution in [0.5, 0.6) is 0 Å². The number of amides is 1. The Morgan fingerprint density at radius 1 is 1.20 bits per heavy atom. The summed E-state index contributed by atoms with van der Waals surface area (Å²) in [6.07, 6.45) is 1.98. The van der Waals surface area contributed by atoms with Crippen molar-refractivity contribution < 1.29 is 9.90 Å². The number of benzene rings is 1. The Bertz CT molecular complexity index is 642. The van der Waals surface area contributed by atoms with E-state index in [1.165, 1.54) is 0 Å². The normalized spacial score (nSPS) is 9.45. The first-order valence-electron chi connectivity index (χ1n) is 6.22. The number of anilines is 1. The molecular formula is C16H14N2O2. The lowest BCUT2D eigenvalue weighted by atomic mass is 10.1. The molecule has 1 aromatic carbocycles. The van der Waals surface area contributed by atoms with Crippen LogP contribution in [0.4, 0.5) is 5.69 Å². The van der Waals surface area contributed by atoms with Gasteiger partial charge in [0.2, 0.25) is 0 Å².